The van der Waals surface area contributed by atoms with E-state index in [1.54, 1.807) is 0 Å². The Morgan fingerprint density at radius 3 is 2.74 bits per heavy atom. The lowest BCUT2D eigenvalue weighted by molar-refractivity contribution is 0.627. The van der Waals surface area contributed by atoms with Gasteiger partial charge in [-0.15, -0.1) is 24.0 Å². The molecule has 1 fully saturated rings. The first-order valence-electron chi connectivity index (χ1n) is 6.57. The molecule has 0 saturated heterocycles. The average molecular weight is 436 g/mol. The number of rotatable bonds is 3. The van der Waals surface area contributed by atoms with Crippen LogP contribution in [0.25, 0.3) is 0 Å². The molecule has 2 aliphatic rings. The van der Waals surface area contributed by atoms with Crippen molar-refractivity contribution in [3.05, 3.63) is 34.3 Å². The molecule has 1 aromatic carbocycles. The topological polar surface area (TPSA) is 36.4 Å². The molecule has 1 aromatic rings. The lowest BCUT2D eigenvalue weighted by Gasteiger charge is -2.21. The molecule has 1 saturated carbocycles. The van der Waals surface area contributed by atoms with E-state index in [2.05, 4.69) is 55.8 Å². The van der Waals surface area contributed by atoms with Gasteiger partial charge in [-0.25, -0.2) is 0 Å². The Morgan fingerprint density at radius 2 is 2.11 bits per heavy atom. The molecule has 19 heavy (non-hydrogen) atoms. The Hall–Kier alpha value is -0.300. The van der Waals surface area contributed by atoms with Crippen molar-refractivity contribution in [1.29, 1.82) is 0 Å². The smallest absolute Gasteiger partial charge is 0.191 e. The van der Waals surface area contributed by atoms with Crippen LogP contribution in [0.4, 0.5) is 0 Å². The number of aliphatic imine (C=N–C) groups is 1. The molecule has 3 nitrogen and oxygen atoms in total. The average Bonchev–Trinajstić information content (AvgIpc) is 3.19. The fourth-order valence-corrected chi connectivity index (χ4v) is 3.19. The molecule has 0 atom stereocenters. The maximum absolute atomic E-state index is 4.46. The zero-order chi connectivity index (χ0) is 12.4. The molecule has 0 amide bonds. The van der Waals surface area contributed by atoms with Gasteiger partial charge in [0.15, 0.2) is 5.96 Å². The van der Waals surface area contributed by atoms with Gasteiger partial charge in [-0.3, -0.25) is 4.99 Å². The Morgan fingerprint density at radius 1 is 1.32 bits per heavy atom. The zero-order valence-electron chi connectivity index (χ0n) is 10.8. The van der Waals surface area contributed by atoms with E-state index < -0.39 is 0 Å². The van der Waals surface area contributed by atoms with Crippen molar-refractivity contribution in [3.63, 3.8) is 0 Å². The van der Waals surface area contributed by atoms with Crippen LogP contribution in [0.2, 0.25) is 0 Å². The number of hydrogen-bond acceptors (Lipinski definition) is 3. The highest BCUT2D eigenvalue weighted by Crippen LogP contribution is 2.49. The number of nitrogens with one attached hydrogen (secondary N) is 2. The number of benzene rings is 1. The quantitative estimate of drug-likeness (QED) is 0.716. The van der Waals surface area contributed by atoms with E-state index in [0.29, 0.717) is 5.41 Å². The van der Waals surface area contributed by atoms with E-state index in [4.69, 9.17) is 0 Å². The molecular formula is C14H19BrIN3. The lowest BCUT2D eigenvalue weighted by atomic mass is 9.96. The Labute approximate surface area is 139 Å². The Balaban J connectivity index is 0.00000133. The second-order valence-corrected chi connectivity index (χ2v) is 5.98. The van der Waals surface area contributed by atoms with Gasteiger partial charge in [0.25, 0.3) is 0 Å². The standard InChI is InChI=1S/C14H18BrN3.HI/c15-12-5-2-1-4-11(12)14(6-7-14)10-18-13-16-8-3-9-17-13;/h1-2,4-5H,3,6-10H2,(H2,16,17,18);1H. The third-order valence-corrected chi connectivity index (χ3v) is 4.48. The van der Waals surface area contributed by atoms with Gasteiger partial charge in [0.2, 0.25) is 0 Å². The normalized spacial score (nSPS) is 19.7. The Kier molecular flexibility index (Phi) is 5.11. The van der Waals surface area contributed by atoms with Crippen molar-refractivity contribution in [2.75, 3.05) is 19.6 Å². The molecule has 2 N–H and O–H groups in total. The summed E-state index contributed by atoms with van der Waals surface area (Å²) in [6.45, 7) is 2.95. The zero-order valence-corrected chi connectivity index (χ0v) is 14.7. The number of halogens is 2. The van der Waals surface area contributed by atoms with Gasteiger partial charge >= 0.3 is 0 Å². The van der Waals surface area contributed by atoms with Crippen molar-refractivity contribution in [1.82, 2.24) is 10.6 Å². The Bertz CT molecular complexity index is 472. The van der Waals surface area contributed by atoms with Gasteiger partial charge < -0.3 is 10.6 Å². The van der Waals surface area contributed by atoms with Gasteiger partial charge in [0, 0.05) is 29.5 Å². The first kappa shape index (κ1) is 15.1. The van der Waals surface area contributed by atoms with Crippen LogP contribution >= 0.6 is 39.9 Å². The van der Waals surface area contributed by atoms with Crippen molar-refractivity contribution >= 4 is 45.9 Å². The van der Waals surface area contributed by atoms with Crippen LogP contribution in [0.5, 0.6) is 0 Å². The largest absolute Gasteiger partial charge is 0.356 e. The highest BCUT2D eigenvalue weighted by Gasteiger charge is 2.45. The summed E-state index contributed by atoms with van der Waals surface area (Å²) >= 11 is 3.66. The van der Waals surface area contributed by atoms with Crippen LogP contribution in [0.3, 0.4) is 0 Å². The van der Waals surface area contributed by atoms with Gasteiger partial charge in [-0.2, -0.15) is 0 Å². The molecule has 1 aliphatic heterocycles. The second kappa shape index (κ2) is 6.43. The minimum atomic E-state index is 0. The predicted octanol–water partition coefficient (Wildman–Crippen LogP) is 3.04. The molecule has 0 unspecified atom stereocenters. The molecule has 1 heterocycles. The van der Waals surface area contributed by atoms with Crippen LogP contribution in [0.15, 0.2) is 33.7 Å². The van der Waals surface area contributed by atoms with Crippen LogP contribution in [-0.4, -0.2) is 25.6 Å². The third kappa shape index (κ3) is 3.42. The molecule has 0 spiro atoms. The van der Waals surface area contributed by atoms with Gasteiger partial charge in [-0.1, -0.05) is 34.1 Å². The van der Waals surface area contributed by atoms with Crippen LogP contribution in [-0.2, 0) is 5.41 Å². The van der Waals surface area contributed by atoms with Crippen LogP contribution in [0, 0.1) is 0 Å². The van der Waals surface area contributed by atoms with Crippen molar-refractivity contribution in [2.45, 2.75) is 24.7 Å². The van der Waals surface area contributed by atoms with Crippen molar-refractivity contribution in [2.24, 2.45) is 4.99 Å². The molecule has 5 heteroatoms. The number of nitrogens with zero attached hydrogens (tertiary/aromatic N) is 1. The summed E-state index contributed by atoms with van der Waals surface area (Å²) in [6.07, 6.45) is 3.66. The predicted molar refractivity (Wildman–Crippen MR) is 93.4 cm³/mol. The molecule has 104 valence electrons. The van der Waals surface area contributed by atoms with E-state index in [1.165, 1.54) is 22.9 Å². The first-order chi connectivity index (χ1) is 8.80. The van der Waals surface area contributed by atoms with E-state index in [9.17, 15) is 0 Å². The molecule has 0 aromatic heterocycles. The summed E-state index contributed by atoms with van der Waals surface area (Å²) in [7, 11) is 0. The molecule has 0 bridgehead atoms. The maximum atomic E-state index is 4.46. The summed E-state index contributed by atoms with van der Waals surface area (Å²) in [6, 6.07) is 8.56. The first-order valence-corrected chi connectivity index (χ1v) is 7.37. The van der Waals surface area contributed by atoms with Gasteiger partial charge in [-0.05, 0) is 30.9 Å². The summed E-state index contributed by atoms with van der Waals surface area (Å²) in [5.74, 6) is 0.972. The highest BCUT2D eigenvalue weighted by atomic mass is 127. The van der Waals surface area contributed by atoms with E-state index >= 15 is 0 Å². The molecular weight excluding hydrogens is 417 g/mol. The lowest BCUT2D eigenvalue weighted by Crippen LogP contribution is -2.43. The SMILES string of the molecule is Brc1ccccc1C1(CNC2=NCCCN2)CC1.I. The van der Waals surface area contributed by atoms with E-state index in [1.807, 2.05) is 0 Å². The van der Waals surface area contributed by atoms with Gasteiger partial charge in [0.1, 0.15) is 0 Å². The summed E-state index contributed by atoms with van der Waals surface area (Å²) in [4.78, 5) is 4.46. The molecule has 0 radical (unpaired) electrons. The molecule has 1 aliphatic carbocycles. The maximum Gasteiger partial charge on any atom is 0.191 e. The van der Waals surface area contributed by atoms with E-state index in [-0.39, 0.29) is 24.0 Å². The number of guanidine groups is 1. The van der Waals surface area contributed by atoms with Gasteiger partial charge in [0.05, 0.1) is 0 Å². The fraction of sp³-hybridized carbons (Fsp3) is 0.500. The third-order valence-electron chi connectivity index (χ3n) is 3.79. The van der Waals surface area contributed by atoms with Crippen LogP contribution in [0.1, 0.15) is 24.8 Å². The fourth-order valence-electron chi connectivity index (χ4n) is 2.49. The number of hydrogen-bond donors (Lipinski definition) is 2. The van der Waals surface area contributed by atoms with Crippen LogP contribution < -0.4 is 10.6 Å². The summed E-state index contributed by atoms with van der Waals surface area (Å²) in [5, 5.41) is 6.78. The van der Waals surface area contributed by atoms with Crippen molar-refractivity contribution in [3.8, 4) is 0 Å². The highest BCUT2D eigenvalue weighted by molar-refractivity contribution is 14.0. The second-order valence-electron chi connectivity index (χ2n) is 5.12. The minimum absolute atomic E-state index is 0. The van der Waals surface area contributed by atoms with Crippen molar-refractivity contribution < 1.29 is 0 Å². The van der Waals surface area contributed by atoms with E-state index in [0.717, 1.165) is 32.0 Å². The monoisotopic (exact) mass is 435 g/mol. The summed E-state index contributed by atoms with van der Waals surface area (Å²) < 4.78 is 1.22. The molecule has 3 rings (SSSR count). The minimum Gasteiger partial charge on any atom is -0.356 e. The summed E-state index contributed by atoms with van der Waals surface area (Å²) in [5.41, 5.74) is 1.73.